The number of carbonyl (C=O) groups is 1. The second kappa shape index (κ2) is 8.70. The van der Waals surface area contributed by atoms with Crippen LogP contribution >= 0.6 is 0 Å². The summed E-state index contributed by atoms with van der Waals surface area (Å²) in [6, 6.07) is 20.6. The topological polar surface area (TPSA) is 35.9 Å². The van der Waals surface area contributed by atoms with Gasteiger partial charge in [0, 0.05) is 24.9 Å². The molecule has 1 atom stereocenters. The molecule has 0 saturated carbocycles. The van der Waals surface area contributed by atoms with Crippen molar-refractivity contribution in [1.29, 1.82) is 0 Å². The zero-order valence-corrected chi connectivity index (χ0v) is 19.1. The summed E-state index contributed by atoms with van der Waals surface area (Å²) < 4.78 is 0. The number of carbonyl (C=O) groups excluding carboxylic acids is 1. The lowest BCUT2D eigenvalue weighted by atomic mass is 9.86. The van der Waals surface area contributed by atoms with Crippen LogP contribution in [0.2, 0.25) is 0 Å². The molecule has 0 fully saturated rings. The molecule has 4 nitrogen and oxygen atoms in total. The van der Waals surface area contributed by atoms with Gasteiger partial charge in [0.1, 0.15) is 0 Å². The summed E-state index contributed by atoms with van der Waals surface area (Å²) in [7, 11) is 0. The molecule has 1 amide bonds. The van der Waals surface area contributed by atoms with Crippen molar-refractivity contribution in [3.8, 4) is 0 Å². The molecular formula is C27H33N3O. The first-order valence-corrected chi connectivity index (χ1v) is 11.3. The van der Waals surface area contributed by atoms with Crippen molar-refractivity contribution in [3.63, 3.8) is 0 Å². The van der Waals surface area contributed by atoms with Gasteiger partial charge in [-0.15, -0.1) is 0 Å². The number of amides is 1. The number of hydrogen-bond donors (Lipinski definition) is 0. The van der Waals surface area contributed by atoms with Gasteiger partial charge in [0.2, 0.25) is 5.91 Å². The Morgan fingerprint density at radius 1 is 1.03 bits per heavy atom. The molecule has 1 unspecified atom stereocenters. The predicted octanol–water partition coefficient (Wildman–Crippen LogP) is 4.72. The monoisotopic (exact) mass is 415 g/mol. The van der Waals surface area contributed by atoms with Gasteiger partial charge in [-0.2, -0.15) is 0 Å². The number of rotatable bonds is 5. The standard InChI is InChI=1S/C27H33N3O/c1-20(2)25-23-19-29(18-22-13-9-6-10-14-22)27(3,4)26(23)28-15-16-30(25)24(31)17-21-11-7-5-8-12-21/h5-14,19-20,25H,15-18H2,1-4H3. The Kier molecular flexibility index (Phi) is 5.99. The molecule has 0 radical (unpaired) electrons. The number of benzene rings is 2. The fourth-order valence-electron chi connectivity index (χ4n) is 4.85. The maximum absolute atomic E-state index is 13.4. The van der Waals surface area contributed by atoms with E-state index in [4.69, 9.17) is 4.99 Å². The van der Waals surface area contributed by atoms with Crippen LogP contribution in [0.5, 0.6) is 0 Å². The highest BCUT2D eigenvalue weighted by Crippen LogP contribution is 2.37. The Bertz CT molecular complexity index is 976. The van der Waals surface area contributed by atoms with Crippen molar-refractivity contribution < 1.29 is 4.79 Å². The van der Waals surface area contributed by atoms with E-state index in [1.54, 1.807) is 0 Å². The summed E-state index contributed by atoms with van der Waals surface area (Å²) in [5.41, 5.74) is 4.48. The van der Waals surface area contributed by atoms with Crippen molar-refractivity contribution in [1.82, 2.24) is 9.80 Å². The van der Waals surface area contributed by atoms with Crippen molar-refractivity contribution in [2.45, 2.75) is 52.2 Å². The fraction of sp³-hybridized carbons (Fsp3) is 0.407. The second-order valence-electron chi connectivity index (χ2n) is 9.43. The van der Waals surface area contributed by atoms with Gasteiger partial charge in [-0.1, -0.05) is 74.5 Å². The lowest BCUT2D eigenvalue weighted by molar-refractivity contribution is -0.132. The van der Waals surface area contributed by atoms with E-state index in [2.05, 4.69) is 74.0 Å². The van der Waals surface area contributed by atoms with E-state index in [0.717, 1.165) is 17.8 Å². The third-order valence-electron chi connectivity index (χ3n) is 6.48. The Balaban J connectivity index is 1.65. The number of aliphatic imine (C=N–C) groups is 1. The van der Waals surface area contributed by atoms with Gasteiger partial charge in [-0.25, -0.2) is 0 Å². The number of fused-ring (bicyclic) bond motifs is 1. The highest BCUT2D eigenvalue weighted by molar-refractivity contribution is 6.10. The van der Waals surface area contributed by atoms with Crippen molar-refractivity contribution in [2.24, 2.45) is 10.9 Å². The summed E-state index contributed by atoms with van der Waals surface area (Å²) in [6.45, 7) is 11.1. The van der Waals surface area contributed by atoms with E-state index in [-0.39, 0.29) is 17.5 Å². The van der Waals surface area contributed by atoms with Gasteiger partial charge in [0.25, 0.3) is 0 Å². The lowest BCUT2D eigenvalue weighted by Crippen LogP contribution is -2.47. The summed E-state index contributed by atoms with van der Waals surface area (Å²) >= 11 is 0. The van der Waals surface area contributed by atoms with Crippen LogP contribution in [0.3, 0.4) is 0 Å². The van der Waals surface area contributed by atoms with Crippen LogP contribution in [0, 0.1) is 5.92 Å². The van der Waals surface area contributed by atoms with Crippen LogP contribution in [0.15, 0.2) is 77.4 Å². The second-order valence-corrected chi connectivity index (χ2v) is 9.43. The third-order valence-corrected chi connectivity index (χ3v) is 6.48. The molecule has 2 aliphatic heterocycles. The van der Waals surface area contributed by atoms with E-state index in [1.807, 2.05) is 30.3 Å². The summed E-state index contributed by atoms with van der Waals surface area (Å²) in [5.74, 6) is 0.489. The lowest BCUT2D eigenvalue weighted by Gasteiger charge is -2.35. The predicted molar refractivity (Wildman–Crippen MR) is 127 cm³/mol. The maximum atomic E-state index is 13.4. The van der Waals surface area contributed by atoms with Crippen molar-refractivity contribution >= 4 is 11.6 Å². The maximum Gasteiger partial charge on any atom is 0.227 e. The molecule has 2 aromatic carbocycles. The first-order valence-electron chi connectivity index (χ1n) is 11.3. The molecule has 4 heteroatoms. The first-order chi connectivity index (χ1) is 14.9. The third kappa shape index (κ3) is 4.30. The molecule has 31 heavy (non-hydrogen) atoms. The SMILES string of the molecule is CC(C)C1C2=CN(Cc3ccccc3)C(C)(C)C2=NCCN1C(=O)Cc1ccccc1. The normalized spacial score (nSPS) is 20.2. The Hall–Kier alpha value is -2.88. The van der Waals surface area contributed by atoms with Crippen LogP contribution in [-0.2, 0) is 17.8 Å². The molecular weight excluding hydrogens is 382 g/mol. The Morgan fingerprint density at radius 2 is 1.65 bits per heavy atom. The van der Waals surface area contributed by atoms with Crippen LogP contribution < -0.4 is 0 Å². The first kappa shape index (κ1) is 21.4. The molecule has 2 aromatic rings. The van der Waals surface area contributed by atoms with E-state index in [1.165, 1.54) is 11.1 Å². The quantitative estimate of drug-likeness (QED) is 0.709. The fourth-order valence-corrected chi connectivity index (χ4v) is 4.85. The van der Waals surface area contributed by atoms with Gasteiger partial charge >= 0.3 is 0 Å². The molecule has 0 saturated heterocycles. The smallest absolute Gasteiger partial charge is 0.227 e. The molecule has 162 valence electrons. The van der Waals surface area contributed by atoms with Gasteiger partial charge in [0.15, 0.2) is 0 Å². The number of nitrogens with zero attached hydrogens (tertiary/aromatic N) is 3. The molecule has 0 spiro atoms. The molecule has 4 rings (SSSR count). The molecule has 0 bridgehead atoms. The Labute approximate surface area is 186 Å². The van der Waals surface area contributed by atoms with Crippen molar-refractivity contribution in [2.75, 3.05) is 13.1 Å². The largest absolute Gasteiger partial charge is 0.362 e. The molecule has 0 aromatic heterocycles. The highest BCUT2D eigenvalue weighted by Gasteiger charge is 2.45. The van der Waals surface area contributed by atoms with Gasteiger partial charge in [-0.3, -0.25) is 9.79 Å². The van der Waals surface area contributed by atoms with E-state index >= 15 is 0 Å². The minimum absolute atomic E-state index is 0.0394. The van der Waals surface area contributed by atoms with Crippen LogP contribution in [0.4, 0.5) is 0 Å². The van der Waals surface area contributed by atoms with Gasteiger partial charge in [-0.05, 0) is 30.9 Å². The van der Waals surface area contributed by atoms with Crippen LogP contribution in [0.1, 0.15) is 38.8 Å². The summed E-state index contributed by atoms with van der Waals surface area (Å²) in [6.07, 6.45) is 2.70. The minimum atomic E-state index is -0.198. The summed E-state index contributed by atoms with van der Waals surface area (Å²) in [5, 5.41) is 0. The van der Waals surface area contributed by atoms with Gasteiger partial charge in [0.05, 0.1) is 30.3 Å². The average molecular weight is 416 g/mol. The minimum Gasteiger partial charge on any atom is -0.362 e. The van der Waals surface area contributed by atoms with E-state index in [9.17, 15) is 4.79 Å². The zero-order valence-electron chi connectivity index (χ0n) is 19.1. The zero-order chi connectivity index (χ0) is 22.0. The average Bonchev–Trinajstić information content (AvgIpc) is 2.89. The summed E-state index contributed by atoms with van der Waals surface area (Å²) in [4.78, 5) is 22.9. The molecule has 2 heterocycles. The van der Waals surface area contributed by atoms with Crippen LogP contribution in [-0.4, -0.2) is 46.1 Å². The number of hydrogen-bond acceptors (Lipinski definition) is 3. The van der Waals surface area contributed by atoms with E-state index < -0.39 is 0 Å². The molecule has 0 N–H and O–H groups in total. The molecule has 2 aliphatic rings. The van der Waals surface area contributed by atoms with Gasteiger partial charge < -0.3 is 9.80 Å². The van der Waals surface area contributed by atoms with E-state index in [0.29, 0.717) is 25.4 Å². The Morgan fingerprint density at radius 3 is 2.26 bits per heavy atom. The van der Waals surface area contributed by atoms with Crippen LogP contribution in [0.25, 0.3) is 0 Å². The highest BCUT2D eigenvalue weighted by atomic mass is 16.2. The molecule has 0 aliphatic carbocycles. The van der Waals surface area contributed by atoms with Crippen molar-refractivity contribution in [3.05, 3.63) is 83.6 Å².